The number of hydrogen-bond acceptors (Lipinski definition) is 1. The third kappa shape index (κ3) is 5.25. The molecule has 1 amide bonds. The highest BCUT2D eigenvalue weighted by Crippen LogP contribution is 2.41. The van der Waals surface area contributed by atoms with Crippen molar-refractivity contribution < 1.29 is 4.79 Å². The lowest BCUT2D eigenvalue weighted by molar-refractivity contribution is -0.122. The maximum absolute atomic E-state index is 13.2. The third-order valence-electron chi connectivity index (χ3n) is 7.37. The quantitative estimate of drug-likeness (QED) is 0.306. The van der Waals surface area contributed by atoms with Gasteiger partial charge >= 0.3 is 0 Å². The predicted octanol–water partition coefficient (Wildman–Crippen LogP) is 7.06. The minimum absolute atomic E-state index is 0.152. The summed E-state index contributed by atoms with van der Waals surface area (Å²) in [6.07, 6.45) is 9.19. The summed E-state index contributed by atoms with van der Waals surface area (Å²) in [6.45, 7) is 1.44. The van der Waals surface area contributed by atoms with Crippen LogP contribution in [0.1, 0.15) is 61.1 Å². The molecule has 0 spiro atoms. The molecule has 0 saturated heterocycles. The first-order valence-electron chi connectivity index (χ1n) is 12.7. The van der Waals surface area contributed by atoms with Gasteiger partial charge in [0.05, 0.1) is 0 Å². The molecule has 1 fully saturated rings. The summed E-state index contributed by atoms with van der Waals surface area (Å²) in [5, 5.41) is 4.48. The predicted molar refractivity (Wildman–Crippen MR) is 140 cm³/mol. The fourth-order valence-electron chi connectivity index (χ4n) is 5.62. The van der Waals surface area contributed by atoms with E-state index in [2.05, 4.69) is 82.8 Å². The Morgan fingerprint density at radius 2 is 1.47 bits per heavy atom. The number of aromatic nitrogens is 1. The van der Waals surface area contributed by atoms with Crippen molar-refractivity contribution >= 4 is 16.8 Å². The van der Waals surface area contributed by atoms with Crippen LogP contribution in [0.5, 0.6) is 0 Å². The monoisotopic (exact) mass is 450 g/mol. The number of hydrogen-bond donors (Lipinski definition) is 1. The Morgan fingerprint density at radius 3 is 2.21 bits per heavy atom. The minimum atomic E-state index is 0.152. The molecule has 0 radical (unpaired) electrons. The number of nitrogens with one attached hydrogen (secondary N) is 1. The summed E-state index contributed by atoms with van der Waals surface area (Å²) in [7, 11) is 0. The van der Waals surface area contributed by atoms with Crippen molar-refractivity contribution in [3.05, 3.63) is 108 Å². The number of rotatable bonds is 8. The molecule has 3 aromatic carbocycles. The number of benzene rings is 3. The average Bonchev–Trinajstić information content (AvgIpc) is 3.26. The second kappa shape index (κ2) is 10.7. The van der Waals surface area contributed by atoms with Gasteiger partial charge in [0.1, 0.15) is 0 Å². The van der Waals surface area contributed by atoms with E-state index in [0.29, 0.717) is 18.9 Å². The van der Waals surface area contributed by atoms with Gasteiger partial charge in [0, 0.05) is 36.6 Å². The molecule has 174 valence electrons. The van der Waals surface area contributed by atoms with E-state index in [4.69, 9.17) is 0 Å². The van der Waals surface area contributed by atoms with Crippen molar-refractivity contribution in [2.75, 3.05) is 0 Å². The van der Waals surface area contributed by atoms with Crippen molar-refractivity contribution in [3.63, 3.8) is 0 Å². The van der Waals surface area contributed by atoms with Gasteiger partial charge in [-0.25, -0.2) is 0 Å². The highest BCUT2D eigenvalue weighted by molar-refractivity contribution is 5.86. The maximum Gasteiger partial charge on any atom is 0.220 e. The van der Waals surface area contributed by atoms with Crippen LogP contribution in [0.2, 0.25) is 0 Å². The standard InChI is InChI=1S/C31H34N2O/c34-31(32-21-24-12-4-1-5-13-24)20-28(26-16-8-3-9-17-26)29-23-33(22-25-14-6-2-7-15-25)30-19-11-10-18-27(29)30/h1-2,4-7,10-15,18-19,23,26,28H,3,8-9,16-17,20-22H2,(H,32,34)/t28-/m1/s1. The number of para-hydroxylation sites is 1. The van der Waals surface area contributed by atoms with E-state index in [9.17, 15) is 4.79 Å². The molecule has 1 saturated carbocycles. The van der Waals surface area contributed by atoms with Crippen LogP contribution in [-0.4, -0.2) is 10.5 Å². The lowest BCUT2D eigenvalue weighted by atomic mass is 9.75. The summed E-state index contributed by atoms with van der Waals surface area (Å²) in [6, 6.07) is 29.5. The van der Waals surface area contributed by atoms with E-state index >= 15 is 0 Å². The molecule has 1 N–H and O–H groups in total. The van der Waals surface area contributed by atoms with Gasteiger partial charge in [-0.1, -0.05) is 98.1 Å². The highest BCUT2D eigenvalue weighted by Gasteiger charge is 2.29. The lowest BCUT2D eigenvalue weighted by Crippen LogP contribution is -2.27. The molecule has 34 heavy (non-hydrogen) atoms. The molecule has 1 heterocycles. The zero-order valence-corrected chi connectivity index (χ0v) is 19.8. The summed E-state index contributed by atoms with van der Waals surface area (Å²) < 4.78 is 2.37. The second-order valence-electron chi connectivity index (χ2n) is 9.69. The average molecular weight is 451 g/mol. The molecule has 1 atom stereocenters. The van der Waals surface area contributed by atoms with Crippen LogP contribution in [0.4, 0.5) is 0 Å². The molecular formula is C31H34N2O. The molecule has 1 aromatic heterocycles. The first-order valence-corrected chi connectivity index (χ1v) is 12.7. The van der Waals surface area contributed by atoms with Gasteiger partial charge in [0.15, 0.2) is 0 Å². The molecule has 4 aromatic rings. The van der Waals surface area contributed by atoms with Crippen LogP contribution in [0.15, 0.2) is 91.1 Å². The molecular weight excluding hydrogens is 416 g/mol. The summed E-state index contributed by atoms with van der Waals surface area (Å²) in [5.74, 6) is 0.963. The summed E-state index contributed by atoms with van der Waals surface area (Å²) in [5.41, 5.74) is 5.04. The number of fused-ring (bicyclic) bond motifs is 1. The Bertz CT molecular complexity index is 1210. The van der Waals surface area contributed by atoms with Gasteiger partial charge in [-0.05, 0) is 47.4 Å². The van der Waals surface area contributed by atoms with Crippen LogP contribution in [0, 0.1) is 5.92 Å². The normalized spacial score (nSPS) is 15.3. The number of nitrogens with zero attached hydrogens (tertiary/aromatic N) is 1. The van der Waals surface area contributed by atoms with Crippen LogP contribution in [0.3, 0.4) is 0 Å². The van der Waals surface area contributed by atoms with Gasteiger partial charge in [0.25, 0.3) is 0 Å². The van der Waals surface area contributed by atoms with Gasteiger partial charge in [-0.2, -0.15) is 0 Å². The maximum atomic E-state index is 13.2. The Hall–Kier alpha value is -3.33. The second-order valence-corrected chi connectivity index (χ2v) is 9.69. The van der Waals surface area contributed by atoms with Gasteiger partial charge in [0.2, 0.25) is 5.91 Å². The van der Waals surface area contributed by atoms with Crippen LogP contribution >= 0.6 is 0 Å². The van der Waals surface area contributed by atoms with E-state index in [1.165, 1.54) is 54.1 Å². The van der Waals surface area contributed by atoms with Crippen LogP contribution in [0.25, 0.3) is 10.9 Å². The largest absolute Gasteiger partial charge is 0.352 e. The van der Waals surface area contributed by atoms with E-state index < -0.39 is 0 Å². The molecule has 5 rings (SSSR count). The van der Waals surface area contributed by atoms with Crippen LogP contribution in [-0.2, 0) is 17.9 Å². The SMILES string of the molecule is O=C(C[C@@H](c1cn(Cc2ccccc2)c2ccccc12)C1CCCCC1)NCc1ccccc1. The van der Waals surface area contributed by atoms with Crippen molar-refractivity contribution in [1.82, 2.24) is 9.88 Å². The van der Waals surface area contributed by atoms with E-state index in [0.717, 1.165) is 12.1 Å². The van der Waals surface area contributed by atoms with Gasteiger partial charge < -0.3 is 9.88 Å². The number of carbonyl (C=O) groups excluding carboxylic acids is 1. The minimum Gasteiger partial charge on any atom is -0.352 e. The molecule has 0 bridgehead atoms. The Morgan fingerprint density at radius 1 is 0.824 bits per heavy atom. The Kier molecular flexibility index (Phi) is 7.09. The Balaban J connectivity index is 1.43. The van der Waals surface area contributed by atoms with Gasteiger partial charge in [-0.3, -0.25) is 4.79 Å². The lowest BCUT2D eigenvalue weighted by Gasteiger charge is -2.30. The molecule has 1 aliphatic carbocycles. The fraction of sp³-hybridized carbons (Fsp3) is 0.323. The van der Waals surface area contributed by atoms with Crippen molar-refractivity contribution in [2.45, 2.75) is 57.5 Å². The highest BCUT2D eigenvalue weighted by atomic mass is 16.1. The van der Waals surface area contributed by atoms with E-state index in [1.807, 2.05) is 18.2 Å². The van der Waals surface area contributed by atoms with Gasteiger partial charge in [-0.15, -0.1) is 0 Å². The molecule has 3 nitrogen and oxygen atoms in total. The molecule has 1 aliphatic rings. The van der Waals surface area contributed by atoms with Crippen molar-refractivity contribution in [2.24, 2.45) is 5.92 Å². The van der Waals surface area contributed by atoms with E-state index in [-0.39, 0.29) is 11.8 Å². The smallest absolute Gasteiger partial charge is 0.220 e. The number of amides is 1. The molecule has 3 heteroatoms. The molecule has 0 unspecified atom stereocenters. The molecule has 0 aliphatic heterocycles. The van der Waals surface area contributed by atoms with Crippen molar-refractivity contribution in [3.8, 4) is 0 Å². The number of carbonyl (C=O) groups is 1. The van der Waals surface area contributed by atoms with Crippen molar-refractivity contribution in [1.29, 1.82) is 0 Å². The zero-order chi connectivity index (χ0) is 23.2. The van der Waals surface area contributed by atoms with E-state index in [1.54, 1.807) is 0 Å². The first-order chi connectivity index (χ1) is 16.8. The van der Waals surface area contributed by atoms with Crippen LogP contribution < -0.4 is 5.32 Å². The Labute approximate surface area is 202 Å². The summed E-state index contributed by atoms with van der Waals surface area (Å²) >= 11 is 0. The summed E-state index contributed by atoms with van der Waals surface area (Å²) in [4.78, 5) is 13.2. The fourth-order valence-corrected chi connectivity index (χ4v) is 5.62. The first kappa shape index (κ1) is 22.5. The third-order valence-corrected chi connectivity index (χ3v) is 7.37. The zero-order valence-electron chi connectivity index (χ0n) is 19.8. The topological polar surface area (TPSA) is 34.0 Å².